The van der Waals surface area contributed by atoms with E-state index >= 15 is 0 Å². The van der Waals surface area contributed by atoms with Gasteiger partial charge in [0.15, 0.2) is 0 Å². The van der Waals surface area contributed by atoms with Crippen molar-refractivity contribution in [2.24, 2.45) is 0 Å². The lowest BCUT2D eigenvalue weighted by Crippen LogP contribution is -1.99. The first-order valence-electron chi connectivity index (χ1n) is 4.92. The highest BCUT2D eigenvalue weighted by Gasteiger charge is 2.14. The van der Waals surface area contributed by atoms with Crippen LogP contribution in [0.1, 0.15) is 50.7 Å². The number of hydrogen-bond donors (Lipinski definition) is 0. The second-order valence-electron chi connectivity index (χ2n) is 4.20. The Morgan fingerprint density at radius 1 is 0.929 bits per heavy atom. The second-order valence-corrected chi connectivity index (χ2v) is 5.04. The minimum atomic E-state index is 0.442. The molecule has 0 aliphatic heterocycles. The number of halogens is 2. The summed E-state index contributed by atoms with van der Waals surface area (Å²) in [6.07, 6.45) is 0. The molecule has 78 valence electrons. The van der Waals surface area contributed by atoms with Crippen molar-refractivity contribution in [3.63, 3.8) is 0 Å². The van der Waals surface area contributed by atoms with Crippen LogP contribution in [0.25, 0.3) is 0 Å². The smallest absolute Gasteiger partial charge is 0.0458 e. The van der Waals surface area contributed by atoms with E-state index in [-0.39, 0.29) is 0 Å². The average molecular weight is 231 g/mol. The maximum Gasteiger partial charge on any atom is 0.0458 e. The molecular weight excluding hydrogens is 215 g/mol. The van der Waals surface area contributed by atoms with Gasteiger partial charge in [-0.3, -0.25) is 0 Å². The molecule has 0 N–H and O–H groups in total. The van der Waals surface area contributed by atoms with Crippen molar-refractivity contribution in [3.05, 3.63) is 33.3 Å². The van der Waals surface area contributed by atoms with Crippen molar-refractivity contribution in [2.45, 2.75) is 39.5 Å². The quantitative estimate of drug-likeness (QED) is 0.652. The summed E-state index contributed by atoms with van der Waals surface area (Å²) in [5.41, 5.74) is 2.49. The molecule has 0 aromatic heterocycles. The highest BCUT2D eigenvalue weighted by atomic mass is 35.5. The van der Waals surface area contributed by atoms with Crippen LogP contribution < -0.4 is 0 Å². The van der Waals surface area contributed by atoms with Crippen molar-refractivity contribution >= 4 is 23.2 Å². The molecule has 0 saturated heterocycles. The molecule has 0 amide bonds. The Morgan fingerprint density at radius 2 is 1.50 bits per heavy atom. The minimum absolute atomic E-state index is 0.442. The molecule has 0 aliphatic rings. The van der Waals surface area contributed by atoms with Gasteiger partial charge < -0.3 is 0 Å². The molecular formula is C12H16Cl2. The summed E-state index contributed by atoms with van der Waals surface area (Å²) in [4.78, 5) is 0. The van der Waals surface area contributed by atoms with Crippen LogP contribution in [0.5, 0.6) is 0 Å². The average Bonchev–Trinajstić information content (AvgIpc) is 2.01. The van der Waals surface area contributed by atoms with Crippen LogP contribution in [-0.2, 0) is 0 Å². The Bertz CT molecular complexity index is 327. The van der Waals surface area contributed by atoms with Gasteiger partial charge in [0.2, 0.25) is 0 Å². The maximum atomic E-state index is 6.19. The molecule has 0 spiro atoms. The van der Waals surface area contributed by atoms with Gasteiger partial charge in [-0.1, -0.05) is 50.9 Å². The van der Waals surface area contributed by atoms with Crippen molar-refractivity contribution in [1.82, 2.24) is 0 Å². The third kappa shape index (κ3) is 2.43. The summed E-state index contributed by atoms with van der Waals surface area (Å²) in [5.74, 6) is 0.903. The zero-order chi connectivity index (χ0) is 10.9. The summed E-state index contributed by atoms with van der Waals surface area (Å²) < 4.78 is 0. The first-order chi connectivity index (χ1) is 6.43. The standard InChI is InChI=1S/C12H16Cl2/c1-7(2)10-5-9(13)6-11(14)12(10)8(3)4/h5-8H,1-4H3. The fraction of sp³-hybridized carbons (Fsp3) is 0.500. The lowest BCUT2D eigenvalue weighted by Gasteiger charge is -2.17. The van der Waals surface area contributed by atoms with E-state index in [0.717, 1.165) is 10.0 Å². The minimum Gasteiger partial charge on any atom is -0.0843 e. The van der Waals surface area contributed by atoms with Gasteiger partial charge in [-0.05, 0) is 35.1 Å². The Hall–Kier alpha value is -0.200. The van der Waals surface area contributed by atoms with Gasteiger partial charge in [-0.2, -0.15) is 0 Å². The SMILES string of the molecule is CC(C)c1cc(Cl)cc(Cl)c1C(C)C. The fourth-order valence-corrected chi connectivity index (χ4v) is 2.42. The van der Waals surface area contributed by atoms with Crippen molar-refractivity contribution in [2.75, 3.05) is 0 Å². The fourth-order valence-electron chi connectivity index (χ4n) is 1.69. The van der Waals surface area contributed by atoms with E-state index in [9.17, 15) is 0 Å². The molecule has 1 aromatic rings. The highest BCUT2D eigenvalue weighted by Crippen LogP contribution is 2.34. The predicted octanol–water partition coefficient (Wildman–Crippen LogP) is 5.24. The molecule has 0 radical (unpaired) electrons. The molecule has 0 fully saturated rings. The molecule has 0 heterocycles. The molecule has 14 heavy (non-hydrogen) atoms. The number of hydrogen-bond acceptors (Lipinski definition) is 0. The van der Waals surface area contributed by atoms with E-state index in [0.29, 0.717) is 11.8 Å². The zero-order valence-electron chi connectivity index (χ0n) is 9.07. The van der Waals surface area contributed by atoms with Crippen molar-refractivity contribution < 1.29 is 0 Å². The normalized spacial score (nSPS) is 11.4. The second kappa shape index (κ2) is 4.55. The van der Waals surface area contributed by atoms with Crippen LogP contribution in [0.4, 0.5) is 0 Å². The Balaban J connectivity index is 3.37. The van der Waals surface area contributed by atoms with E-state index < -0.39 is 0 Å². The van der Waals surface area contributed by atoms with Gasteiger partial charge in [-0.25, -0.2) is 0 Å². The summed E-state index contributed by atoms with van der Waals surface area (Å²) in [6, 6.07) is 3.84. The summed E-state index contributed by atoms with van der Waals surface area (Å²) in [6.45, 7) is 8.63. The van der Waals surface area contributed by atoms with Gasteiger partial charge >= 0.3 is 0 Å². The Morgan fingerprint density at radius 3 is 1.93 bits per heavy atom. The van der Waals surface area contributed by atoms with Crippen LogP contribution in [-0.4, -0.2) is 0 Å². The number of rotatable bonds is 2. The number of benzene rings is 1. The van der Waals surface area contributed by atoms with E-state index in [1.165, 1.54) is 11.1 Å². The van der Waals surface area contributed by atoms with Crippen LogP contribution in [0.2, 0.25) is 10.0 Å². The zero-order valence-corrected chi connectivity index (χ0v) is 10.6. The molecule has 0 unspecified atom stereocenters. The molecule has 0 aliphatic carbocycles. The monoisotopic (exact) mass is 230 g/mol. The van der Waals surface area contributed by atoms with E-state index in [2.05, 4.69) is 27.7 Å². The summed E-state index contributed by atoms with van der Waals surface area (Å²) >= 11 is 12.2. The molecule has 1 aromatic carbocycles. The van der Waals surface area contributed by atoms with Crippen molar-refractivity contribution in [3.8, 4) is 0 Å². The van der Waals surface area contributed by atoms with Gasteiger partial charge in [-0.15, -0.1) is 0 Å². The van der Waals surface area contributed by atoms with Gasteiger partial charge in [0.25, 0.3) is 0 Å². The van der Waals surface area contributed by atoms with Crippen molar-refractivity contribution in [1.29, 1.82) is 0 Å². The third-order valence-electron chi connectivity index (χ3n) is 2.33. The largest absolute Gasteiger partial charge is 0.0843 e. The Kier molecular flexibility index (Phi) is 3.86. The molecule has 0 saturated carbocycles. The Labute approximate surface area is 96.2 Å². The van der Waals surface area contributed by atoms with Crippen LogP contribution in [0, 0.1) is 0 Å². The topological polar surface area (TPSA) is 0 Å². The van der Waals surface area contributed by atoms with Gasteiger partial charge in [0.1, 0.15) is 0 Å². The van der Waals surface area contributed by atoms with Crippen LogP contribution >= 0.6 is 23.2 Å². The summed E-state index contributed by atoms with van der Waals surface area (Å²) in [7, 11) is 0. The predicted molar refractivity (Wildman–Crippen MR) is 64.6 cm³/mol. The molecule has 0 nitrogen and oxygen atoms in total. The maximum absolute atomic E-state index is 6.19. The molecule has 0 atom stereocenters. The van der Waals surface area contributed by atoms with Gasteiger partial charge in [0, 0.05) is 10.0 Å². The van der Waals surface area contributed by atoms with Crippen LogP contribution in [0.3, 0.4) is 0 Å². The highest BCUT2D eigenvalue weighted by molar-refractivity contribution is 6.35. The van der Waals surface area contributed by atoms with E-state index in [4.69, 9.17) is 23.2 Å². The lowest BCUT2D eigenvalue weighted by molar-refractivity contribution is 0.790. The summed E-state index contributed by atoms with van der Waals surface area (Å²) in [5, 5.41) is 1.51. The first kappa shape index (κ1) is 11.9. The molecule has 0 bridgehead atoms. The first-order valence-corrected chi connectivity index (χ1v) is 5.68. The van der Waals surface area contributed by atoms with Gasteiger partial charge in [0.05, 0.1) is 0 Å². The van der Waals surface area contributed by atoms with E-state index in [1.54, 1.807) is 0 Å². The van der Waals surface area contributed by atoms with Crippen LogP contribution in [0.15, 0.2) is 12.1 Å². The van der Waals surface area contributed by atoms with E-state index in [1.807, 2.05) is 12.1 Å². The lowest BCUT2D eigenvalue weighted by atomic mass is 9.91. The third-order valence-corrected chi connectivity index (χ3v) is 2.86. The molecule has 1 rings (SSSR count). The molecule has 2 heteroatoms.